The largest absolute Gasteiger partial charge is 0.457 e. The number of likely N-dealkylation sites (tertiary alicyclic amines) is 1. The maximum absolute atomic E-state index is 6.02. The molecule has 2 aromatic carbocycles. The third-order valence-corrected chi connectivity index (χ3v) is 4.95. The summed E-state index contributed by atoms with van der Waals surface area (Å²) in [6, 6.07) is 20.2. The fourth-order valence-corrected chi connectivity index (χ4v) is 3.32. The van der Waals surface area contributed by atoms with Crippen LogP contribution < -0.4 is 4.74 Å². The van der Waals surface area contributed by atoms with E-state index < -0.39 is 0 Å². The van der Waals surface area contributed by atoms with E-state index in [9.17, 15) is 0 Å². The van der Waals surface area contributed by atoms with Crippen LogP contribution in [0.1, 0.15) is 12.1 Å². The van der Waals surface area contributed by atoms with Gasteiger partial charge < -0.3 is 4.74 Å². The van der Waals surface area contributed by atoms with Crippen LogP contribution in [0.2, 0.25) is 0 Å². The molecule has 5 heteroatoms. The molecule has 1 aliphatic heterocycles. The average Bonchev–Trinajstić information content (AvgIpc) is 3.20. The first-order valence-corrected chi connectivity index (χ1v) is 9.23. The van der Waals surface area contributed by atoms with E-state index in [2.05, 4.69) is 27.2 Å². The molecule has 1 fully saturated rings. The maximum Gasteiger partial charge on any atom is 0.128 e. The lowest BCUT2D eigenvalue weighted by atomic mass is 10.1. The Morgan fingerprint density at radius 3 is 2.52 bits per heavy atom. The second kappa shape index (κ2) is 6.85. The Balaban J connectivity index is 1.33. The first-order chi connectivity index (χ1) is 13.3. The normalized spacial score (nSPS) is 14.2. The summed E-state index contributed by atoms with van der Waals surface area (Å²) in [5.74, 6) is 1.62. The molecule has 5 rings (SSSR count). The van der Waals surface area contributed by atoms with Crippen LogP contribution in [0.4, 0.5) is 0 Å². The predicted molar refractivity (Wildman–Crippen MR) is 106 cm³/mol. The Morgan fingerprint density at radius 1 is 0.926 bits per heavy atom. The van der Waals surface area contributed by atoms with Crippen molar-refractivity contribution >= 4 is 10.9 Å². The highest BCUT2D eigenvalue weighted by Crippen LogP contribution is 2.27. The van der Waals surface area contributed by atoms with Crippen molar-refractivity contribution in [1.29, 1.82) is 0 Å². The number of rotatable bonds is 5. The maximum atomic E-state index is 6.02. The summed E-state index contributed by atoms with van der Waals surface area (Å²) in [4.78, 5) is 7.19. The monoisotopic (exact) mass is 356 g/mol. The molecule has 1 saturated heterocycles. The summed E-state index contributed by atoms with van der Waals surface area (Å²) in [5, 5.41) is 8.04. The molecule has 1 N–H and O–H groups in total. The highest BCUT2D eigenvalue weighted by molar-refractivity contribution is 5.80. The van der Waals surface area contributed by atoms with Crippen LogP contribution in [0.15, 0.2) is 66.9 Å². The molecule has 27 heavy (non-hydrogen) atoms. The smallest absolute Gasteiger partial charge is 0.128 e. The summed E-state index contributed by atoms with van der Waals surface area (Å²) in [6.07, 6.45) is 3.05. The zero-order chi connectivity index (χ0) is 18.1. The molecule has 0 unspecified atom stereocenters. The van der Waals surface area contributed by atoms with E-state index >= 15 is 0 Å². The van der Waals surface area contributed by atoms with Crippen molar-refractivity contribution in [3.8, 4) is 22.8 Å². The van der Waals surface area contributed by atoms with Crippen LogP contribution in [0.25, 0.3) is 22.2 Å². The molecular formula is C22H20N4O. The summed E-state index contributed by atoms with van der Waals surface area (Å²) in [7, 11) is 0. The van der Waals surface area contributed by atoms with E-state index in [4.69, 9.17) is 9.72 Å². The van der Waals surface area contributed by atoms with Gasteiger partial charge in [0.15, 0.2) is 0 Å². The van der Waals surface area contributed by atoms with Crippen LogP contribution in [0, 0.1) is 0 Å². The number of nitrogens with zero attached hydrogens (tertiary/aromatic N) is 3. The van der Waals surface area contributed by atoms with E-state index in [-0.39, 0.29) is 0 Å². The minimum atomic E-state index is 0.806. The van der Waals surface area contributed by atoms with Gasteiger partial charge in [-0.25, -0.2) is 0 Å². The molecule has 0 radical (unpaired) electrons. The molecule has 3 heterocycles. The van der Waals surface area contributed by atoms with Crippen molar-refractivity contribution in [3.05, 3.63) is 72.6 Å². The van der Waals surface area contributed by atoms with Gasteiger partial charge in [-0.05, 0) is 79.7 Å². The molecule has 0 bridgehead atoms. The van der Waals surface area contributed by atoms with Gasteiger partial charge in [-0.3, -0.25) is 15.0 Å². The SMILES string of the molecule is c1cc(-c2ccc(Oc3ccc4nc(CN5CCC5)ccc4c3)cc2)[nH]n1. The minimum absolute atomic E-state index is 0.806. The van der Waals surface area contributed by atoms with Crippen LogP contribution >= 0.6 is 0 Å². The molecule has 0 atom stereocenters. The summed E-state index contributed by atoms with van der Waals surface area (Å²) in [5.41, 5.74) is 4.21. The third-order valence-electron chi connectivity index (χ3n) is 4.95. The number of nitrogens with one attached hydrogen (secondary N) is 1. The molecule has 0 saturated carbocycles. The number of ether oxygens (including phenoxy) is 1. The Morgan fingerprint density at radius 2 is 1.78 bits per heavy atom. The first-order valence-electron chi connectivity index (χ1n) is 9.23. The summed E-state index contributed by atoms with van der Waals surface area (Å²) >= 11 is 0. The number of H-pyrrole nitrogens is 1. The standard InChI is InChI=1S/C22H20N4O/c1-12-26(13-1)15-18-5-2-17-14-20(8-9-21(17)24-18)27-19-6-3-16(4-7-19)22-10-11-23-25-22/h2-11,14H,1,12-13,15H2,(H,23,25). The van der Waals surface area contributed by atoms with Crippen molar-refractivity contribution in [1.82, 2.24) is 20.1 Å². The molecule has 0 aliphatic carbocycles. The first kappa shape index (κ1) is 16.0. The number of fused-ring (bicyclic) bond motifs is 1. The minimum Gasteiger partial charge on any atom is -0.457 e. The topological polar surface area (TPSA) is 54.0 Å². The zero-order valence-electron chi connectivity index (χ0n) is 14.9. The van der Waals surface area contributed by atoms with Crippen molar-refractivity contribution in [2.75, 3.05) is 13.1 Å². The van der Waals surface area contributed by atoms with Crippen molar-refractivity contribution in [2.45, 2.75) is 13.0 Å². The lowest BCUT2D eigenvalue weighted by Gasteiger charge is -2.30. The highest BCUT2D eigenvalue weighted by Gasteiger charge is 2.14. The quantitative estimate of drug-likeness (QED) is 0.567. The van der Waals surface area contributed by atoms with Crippen LogP contribution in [0.5, 0.6) is 11.5 Å². The van der Waals surface area contributed by atoms with Crippen LogP contribution in [-0.4, -0.2) is 33.2 Å². The zero-order valence-corrected chi connectivity index (χ0v) is 14.9. The number of hydrogen-bond acceptors (Lipinski definition) is 4. The third kappa shape index (κ3) is 3.41. The van der Waals surface area contributed by atoms with Gasteiger partial charge in [0.05, 0.1) is 16.9 Å². The van der Waals surface area contributed by atoms with Crippen LogP contribution in [-0.2, 0) is 6.54 Å². The molecule has 134 valence electrons. The number of hydrogen-bond donors (Lipinski definition) is 1. The van der Waals surface area contributed by atoms with Gasteiger partial charge in [0.25, 0.3) is 0 Å². The van der Waals surface area contributed by atoms with E-state index in [0.717, 1.165) is 45.9 Å². The average molecular weight is 356 g/mol. The molecule has 0 spiro atoms. The molecule has 5 nitrogen and oxygen atoms in total. The van der Waals surface area contributed by atoms with Gasteiger partial charge >= 0.3 is 0 Å². The van der Waals surface area contributed by atoms with Crippen molar-refractivity contribution in [2.24, 2.45) is 0 Å². The van der Waals surface area contributed by atoms with Crippen LogP contribution in [0.3, 0.4) is 0 Å². The summed E-state index contributed by atoms with van der Waals surface area (Å²) < 4.78 is 6.02. The van der Waals surface area contributed by atoms with E-state index in [1.165, 1.54) is 19.5 Å². The Labute approximate surface area is 157 Å². The fourth-order valence-electron chi connectivity index (χ4n) is 3.32. The second-order valence-electron chi connectivity index (χ2n) is 6.88. The van der Waals surface area contributed by atoms with Gasteiger partial charge in [0.2, 0.25) is 0 Å². The van der Waals surface area contributed by atoms with E-state index in [1.54, 1.807) is 6.20 Å². The Bertz CT molecular complexity index is 1050. The predicted octanol–water partition coefficient (Wildman–Crippen LogP) is 4.62. The van der Waals surface area contributed by atoms with E-state index in [1.807, 2.05) is 48.5 Å². The van der Waals surface area contributed by atoms with Gasteiger partial charge in [0.1, 0.15) is 11.5 Å². The van der Waals surface area contributed by atoms with E-state index in [0.29, 0.717) is 0 Å². The molecule has 1 aliphatic rings. The van der Waals surface area contributed by atoms with Gasteiger partial charge in [0, 0.05) is 18.1 Å². The highest BCUT2D eigenvalue weighted by atomic mass is 16.5. The lowest BCUT2D eigenvalue weighted by Crippen LogP contribution is -2.36. The molecule has 2 aromatic heterocycles. The summed E-state index contributed by atoms with van der Waals surface area (Å²) in [6.45, 7) is 3.31. The number of aromatic amines is 1. The van der Waals surface area contributed by atoms with Gasteiger partial charge in [-0.1, -0.05) is 6.07 Å². The number of aromatic nitrogens is 3. The molecular weight excluding hydrogens is 336 g/mol. The second-order valence-corrected chi connectivity index (χ2v) is 6.88. The molecule has 0 amide bonds. The molecule has 4 aromatic rings. The van der Waals surface area contributed by atoms with Gasteiger partial charge in [-0.15, -0.1) is 0 Å². The Kier molecular flexibility index (Phi) is 4.07. The number of pyridine rings is 1. The number of benzene rings is 2. The lowest BCUT2D eigenvalue weighted by molar-refractivity contribution is 0.170. The van der Waals surface area contributed by atoms with Gasteiger partial charge in [-0.2, -0.15) is 5.10 Å². The van der Waals surface area contributed by atoms with Crippen molar-refractivity contribution < 1.29 is 4.74 Å². The van der Waals surface area contributed by atoms with Crippen molar-refractivity contribution in [3.63, 3.8) is 0 Å². The Hall–Kier alpha value is -3.18. The fraction of sp³-hybridized carbons (Fsp3) is 0.182.